The van der Waals surface area contributed by atoms with E-state index < -0.39 is 0 Å². The molecule has 2 aliphatic heterocycles. The largest absolute Gasteiger partial charge is 0.497 e. The zero-order valence-corrected chi connectivity index (χ0v) is 20.0. The second kappa shape index (κ2) is 7.33. The van der Waals surface area contributed by atoms with Gasteiger partial charge in [-0.05, 0) is 54.0 Å². The van der Waals surface area contributed by atoms with Crippen LogP contribution in [-0.4, -0.2) is 29.2 Å². The van der Waals surface area contributed by atoms with E-state index in [0.29, 0.717) is 5.69 Å². The summed E-state index contributed by atoms with van der Waals surface area (Å²) in [6.07, 6.45) is 0.892. The van der Waals surface area contributed by atoms with E-state index in [9.17, 15) is 14.4 Å². The molecular formula is C26H22N2O4S2. The van der Waals surface area contributed by atoms with Crippen LogP contribution >= 0.6 is 23.1 Å². The van der Waals surface area contributed by atoms with Gasteiger partial charge >= 0.3 is 4.87 Å². The van der Waals surface area contributed by atoms with Crippen molar-refractivity contribution in [2.75, 3.05) is 12.0 Å². The number of thiazole rings is 1. The van der Waals surface area contributed by atoms with Gasteiger partial charge in [-0.1, -0.05) is 41.7 Å². The lowest BCUT2D eigenvalue weighted by atomic mass is 9.68. The number of thioether (sulfide) groups is 1. The topological polar surface area (TPSA) is 79.5 Å². The fraction of sp³-hybridized carbons (Fsp3) is 0.346. The van der Waals surface area contributed by atoms with E-state index in [1.54, 1.807) is 18.9 Å². The molecule has 2 saturated carbocycles. The number of amides is 2. The van der Waals surface area contributed by atoms with E-state index in [1.165, 1.54) is 16.2 Å². The van der Waals surface area contributed by atoms with Crippen molar-refractivity contribution in [2.45, 2.75) is 22.6 Å². The van der Waals surface area contributed by atoms with Gasteiger partial charge in [-0.2, -0.15) is 0 Å². The second-order valence-electron chi connectivity index (χ2n) is 9.58. The Hall–Kier alpha value is -2.84. The quantitative estimate of drug-likeness (QED) is 0.559. The molecule has 3 heterocycles. The van der Waals surface area contributed by atoms with Gasteiger partial charge in [0, 0.05) is 16.0 Å². The number of nitrogens with zero attached hydrogens (tertiary/aromatic N) is 1. The van der Waals surface area contributed by atoms with Gasteiger partial charge in [0.1, 0.15) is 5.75 Å². The molecule has 0 unspecified atom stereocenters. The van der Waals surface area contributed by atoms with Crippen LogP contribution < -0.4 is 14.5 Å². The minimum absolute atomic E-state index is 0.0285. The van der Waals surface area contributed by atoms with Crippen molar-refractivity contribution >= 4 is 40.6 Å². The number of anilines is 1. The summed E-state index contributed by atoms with van der Waals surface area (Å²) in [6.45, 7) is 0. The number of rotatable bonds is 3. The van der Waals surface area contributed by atoms with Crippen LogP contribution in [0.3, 0.4) is 0 Å². The molecule has 1 saturated heterocycles. The molecule has 172 valence electrons. The predicted octanol–water partition coefficient (Wildman–Crippen LogP) is 4.12. The Kier molecular flexibility index (Phi) is 4.42. The normalized spacial score (nSPS) is 33.1. The van der Waals surface area contributed by atoms with Gasteiger partial charge in [0.2, 0.25) is 11.8 Å². The number of imide groups is 1. The average molecular weight is 491 g/mol. The Balaban J connectivity index is 1.33. The molecule has 2 amide bonds. The Morgan fingerprint density at radius 2 is 1.65 bits per heavy atom. The summed E-state index contributed by atoms with van der Waals surface area (Å²) in [7, 11) is 1.65. The first-order valence-electron chi connectivity index (χ1n) is 11.5. The van der Waals surface area contributed by atoms with Crippen molar-refractivity contribution in [3.8, 4) is 5.75 Å². The van der Waals surface area contributed by atoms with Crippen LogP contribution in [0.5, 0.6) is 5.75 Å². The third kappa shape index (κ3) is 2.66. The van der Waals surface area contributed by atoms with Crippen LogP contribution in [0.4, 0.5) is 5.69 Å². The van der Waals surface area contributed by atoms with E-state index in [0.717, 1.165) is 27.6 Å². The molecule has 1 aromatic heterocycles. The Morgan fingerprint density at radius 3 is 2.35 bits per heavy atom. The van der Waals surface area contributed by atoms with Crippen molar-refractivity contribution in [1.82, 2.24) is 4.98 Å². The average Bonchev–Trinajstić information content (AvgIpc) is 3.58. The van der Waals surface area contributed by atoms with E-state index >= 15 is 0 Å². The number of fused-ring (bicyclic) bond motifs is 9. The highest BCUT2D eigenvalue weighted by molar-refractivity contribution is 8.00. The van der Waals surface area contributed by atoms with Crippen molar-refractivity contribution < 1.29 is 14.3 Å². The molecule has 2 aromatic carbocycles. The van der Waals surface area contributed by atoms with E-state index in [4.69, 9.17) is 4.74 Å². The minimum atomic E-state index is -0.280. The van der Waals surface area contributed by atoms with Gasteiger partial charge in [0.25, 0.3) is 0 Å². The molecule has 0 radical (unpaired) electrons. The highest BCUT2D eigenvalue weighted by Crippen LogP contribution is 2.68. The van der Waals surface area contributed by atoms with Crippen LogP contribution in [-0.2, 0) is 9.59 Å². The van der Waals surface area contributed by atoms with Gasteiger partial charge in [-0.15, -0.1) is 11.8 Å². The molecule has 7 rings (SSSR count). The SMILES string of the molecule is COc1ccc([C@@H]2c3sc(=O)[nH]c3S[C@@H]3[C@H]4C[C@@H]([C@@H]5C(=O)N(c6ccccc6)C(=O)[C@@H]45)[C@H]23)cc1. The predicted molar refractivity (Wildman–Crippen MR) is 130 cm³/mol. The zero-order chi connectivity index (χ0) is 23.1. The van der Waals surface area contributed by atoms with Crippen molar-refractivity contribution in [1.29, 1.82) is 0 Å². The lowest BCUT2D eigenvalue weighted by molar-refractivity contribution is -0.123. The molecule has 3 aromatic rings. The smallest absolute Gasteiger partial charge is 0.305 e. The lowest BCUT2D eigenvalue weighted by Gasteiger charge is -2.43. The monoisotopic (exact) mass is 490 g/mol. The molecule has 34 heavy (non-hydrogen) atoms. The van der Waals surface area contributed by atoms with Gasteiger partial charge < -0.3 is 9.72 Å². The lowest BCUT2D eigenvalue weighted by Crippen LogP contribution is -2.42. The Bertz CT molecular complexity index is 1370. The maximum Gasteiger partial charge on any atom is 0.305 e. The molecule has 7 atom stereocenters. The summed E-state index contributed by atoms with van der Waals surface area (Å²) >= 11 is 2.99. The fourth-order valence-electron chi connectivity index (χ4n) is 7.03. The number of aromatic amines is 1. The van der Waals surface area contributed by atoms with E-state index in [2.05, 4.69) is 17.1 Å². The number of nitrogens with one attached hydrogen (secondary N) is 1. The first-order chi connectivity index (χ1) is 16.6. The zero-order valence-electron chi connectivity index (χ0n) is 18.3. The molecule has 1 N–H and O–H groups in total. The van der Waals surface area contributed by atoms with Gasteiger partial charge in [0.15, 0.2) is 0 Å². The van der Waals surface area contributed by atoms with Gasteiger partial charge in [0.05, 0.1) is 29.7 Å². The highest BCUT2D eigenvalue weighted by atomic mass is 32.2. The summed E-state index contributed by atoms with van der Waals surface area (Å²) in [5.74, 6) is 0.611. The third-order valence-electron chi connectivity index (χ3n) is 8.21. The number of hydrogen-bond donors (Lipinski definition) is 1. The maximum absolute atomic E-state index is 13.7. The maximum atomic E-state index is 13.7. The summed E-state index contributed by atoms with van der Waals surface area (Å²) in [5.41, 5.74) is 1.80. The minimum Gasteiger partial charge on any atom is -0.497 e. The molecule has 2 bridgehead atoms. The highest BCUT2D eigenvalue weighted by Gasteiger charge is 2.69. The first kappa shape index (κ1) is 20.5. The number of para-hydroxylation sites is 1. The number of benzene rings is 2. The number of H-pyrrole nitrogens is 1. The summed E-state index contributed by atoms with van der Waals surface area (Å²) in [4.78, 5) is 45.1. The molecule has 3 fully saturated rings. The van der Waals surface area contributed by atoms with Gasteiger partial charge in [-0.3, -0.25) is 19.3 Å². The molecule has 4 aliphatic rings. The van der Waals surface area contributed by atoms with Crippen molar-refractivity contribution in [2.24, 2.45) is 29.6 Å². The molecule has 2 aliphatic carbocycles. The van der Waals surface area contributed by atoms with Crippen LogP contribution in [0.2, 0.25) is 0 Å². The Labute approximate surface area is 204 Å². The van der Waals surface area contributed by atoms with Crippen LogP contribution in [0.1, 0.15) is 22.8 Å². The number of hydrogen-bond acceptors (Lipinski definition) is 6. The van der Waals surface area contributed by atoms with Crippen LogP contribution in [0, 0.1) is 29.6 Å². The van der Waals surface area contributed by atoms with E-state index in [1.807, 2.05) is 42.5 Å². The molecule has 0 spiro atoms. The summed E-state index contributed by atoms with van der Waals surface area (Å²) in [6, 6.07) is 17.4. The standard InChI is InChI=1S/C26H22N2O4S2/c1-32-14-9-7-12(8-10-14)17-18-15-11-16(21(18)33-23-22(17)34-26(31)27-23)20-19(15)24(29)28(25(20)30)13-5-3-2-4-6-13/h2-10,15-21H,11H2,1H3,(H,27,31)/t15-,16+,17+,18-,19+,20+,21-/m1/s1. The molecule has 8 heteroatoms. The van der Waals surface area contributed by atoms with Crippen LogP contribution in [0.25, 0.3) is 0 Å². The summed E-state index contributed by atoms with van der Waals surface area (Å²) < 4.78 is 5.36. The number of methoxy groups -OCH3 is 1. The first-order valence-corrected chi connectivity index (χ1v) is 13.2. The Morgan fingerprint density at radius 1 is 0.941 bits per heavy atom. The van der Waals surface area contributed by atoms with E-state index in [-0.39, 0.29) is 57.4 Å². The number of aromatic nitrogens is 1. The second-order valence-corrected chi connectivity index (χ2v) is 11.8. The van der Waals surface area contributed by atoms with Crippen molar-refractivity contribution in [3.63, 3.8) is 0 Å². The summed E-state index contributed by atoms with van der Waals surface area (Å²) in [5, 5.41) is 1.13. The van der Waals surface area contributed by atoms with Crippen LogP contribution in [0.15, 0.2) is 64.4 Å². The number of carbonyl (C=O) groups excluding carboxylic acids is 2. The molecule has 6 nitrogen and oxygen atoms in total. The fourth-order valence-corrected chi connectivity index (χ4v) is 9.92. The third-order valence-corrected chi connectivity index (χ3v) is 10.8. The van der Waals surface area contributed by atoms with Crippen molar-refractivity contribution in [3.05, 3.63) is 74.7 Å². The molecular weight excluding hydrogens is 468 g/mol. The number of ether oxygens (including phenoxy) is 1. The number of carbonyl (C=O) groups is 2. The van der Waals surface area contributed by atoms with Gasteiger partial charge in [-0.25, -0.2) is 0 Å².